The zero-order valence-corrected chi connectivity index (χ0v) is 14.8. The molecule has 1 fully saturated rings. The van der Waals surface area contributed by atoms with Gasteiger partial charge in [0.1, 0.15) is 0 Å². The number of hydrogen-bond acceptors (Lipinski definition) is 3. The van der Waals surface area contributed by atoms with E-state index in [9.17, 15) is 8.42 Å². The van der Waals surface area contributed by atoms with Crippen LogP contribution in [-0.4, -0.2) is 31.9 Å². The highest BCUT2D eigenvalue weighted by molar-refractivity contribution is 9.11. The van der Waals surface area contributed by atoms with Crippen LogP contribution in [0, 0.1) is 0 Å². The van der Waals surface area contributed by atoms with E-state index >= 15 is 0 Å². The van der Waals surface area contributed by atoms with Gasteiger partial charge in [-0.3, -0.25) is 4.72 Å². The molecule has 112 valence electrons. The first-order valence-corrected chi connectivity index (χ1v) is 9.42. The molecule has 1 unspecified atom stereocenters. The Hall–Kier alpha value is -0.150. The quantitative estimate of drug-likeness (QED) is 0.776. The number of nitrogens with zero attached hydrogens (tertiary/aromatic N) is 1. The Balaban J connectivity index is 2.26. The molecule has 0 aromatic heterocycles. The van der Waals surface area contributed by atoms with Gasteiger partial charge in [-0.25, -0.2) is 0 Å². The summed E-state index contributed by atoms with van der Waals surface area (Å²) in [5, 5.41) is 0. The van der Waals surface area contributed by atoms with E-state index in [1.165, 1.54) is 4.31 Å². The minimum Gasteiger partial charge on any atom is -0.329 e. The van der Waals surface area contributed by atoms with Crippen molar-refractivity contribution in [1.82, 2.24) is 4.31 Å². The molecule has 1 aliphatic heterocycles. The van der Waals surface area contributed by atoms with Crippen molar-refractivity contribution in [3.8, 4) is 0 Å². The van der Waals surface area contributed by atoms with Gasteiger partial charge >= 0.3 is 10.2 Å². The van der Waals surface area contributed by atoms with Gasteiger partial charge in [-0.2, -0.15) is 12.7 Å². The summed E-state index contributed by atoms with van der Waals surface area (Å²) in [6.07, 6.45) is 2.70. The average molecular weight is 427 g/mol. The fraction of sp³-hybridized carbons (Fsp3) is 0.500. The van der Waals surface area contributed by atoms with Crippen molar-refractivity contribution in [2.45, 2.75) is 25.3 Å². The minimum absolute atomic E-state index is 0.123. The van der Waals surface area contributed by atoms with Crippen molar-refractivity contribution < 1.29 is 8.42 Å². The van der Waals surface area contributed by atoms with Crippen LogP contribution in [0.15, 0.2) is 27.1 Å². The summed E-state index contributed by atoms with van der Waals surface area (Å²) < 4.78 is 30.6. The molecule has 0 radical (unpaired) electrons. The van der Waals surface area contributed by atoms with Crippen LogP contribution < -0.4 is 10.5 Å². The van der Waals surface area contributed by atoms with Crippen molar-refractivity contribution in [2.75, 3.05) is 17.8 Å². The molecule has 2 rings (SSSR count). The highest BCUT2D eigenvalue weighted by Gasteiger charge is 2.32. The van der Waals surface area contributed by atoms with Gasteiger partial charge in [0, 0.05) is 28.1 Å². The van der Waals surface area contributed by atoms with Gasteiger partial charge in [-0.05, 0) is 56.8 Å². The third-order valence-corrected chi connectivity index (χ3v) is 6.23. The maximum absolute atomic E-state index is 12.5. The fourth-order valence-electron chi connectivity index (χ4n) is 2.31. The Labute approximate surface area is 136 Å². The zero-order chi connectivity index (χ0) is 14.8. The summed E-state index contributed by atoms with van der Waals surface area (Å²) >= 11 is 6.71. The van der Waals surface area contributed by atoms with Crippen molar-refractivity contribution in [3.05, 3.63) is 27.1 Å². The van der Waals surface area contributed by atoms with Crippen LogP contribution in [0.25, 0.3) is 0 Å². The Morgan fingerprint density at radius 2 is 1.95 bits per heavy atom. The van der Waals surface area contributed by atoms with Gasteiger partial charge in [0.25, 0.3) is 0 Å². The maximum Gasteiger partial charge on any atom is 0.302 e. The topological polar surface area (TPSA) is 75.4 Å². The normalized spacial score (nSPS) is 20.9. The maximum atomic E-state index is 12.5. The Kier molecular flexibility index (Phi) is 5.47. The lowest BCUT2D eigenvalue weighted by molar-refractivity contribution is 0.259. The lowest BCUT2D eigenvalue weighted by atomic mass is 10.1. The number of rotatable bonds is 4. The van der Waals surface area contributed by atoms with Gasteiger partial charge in [0.05, 0.1) is 5.69 Å². The number of nitrogens with two attached hydrogens (primary N) is 1. The fourth-order valence-corrected chi connectivity index (χ4v) is 5.32. The molecule has 1 aliphatic rings. The van der Waals surface area contributed by atoms with Crippen LogP contribution in [0.5, 0.6) is 0 Å². The number of para-hydroxylation sites is 1. The van der Waals surface area contributed by atoms with Crippen LogP contribution in [0.3, 0.4) is 0 Å². The van der Waals surface area contributed by atoms with Crippen LogP contribution in [0.2, 0.25) is 0 Å². The summed E-state index contributed by atoms with van der Waals surface area (Å²) in [6, 6.07) is 5.29. The molecule has 0 saturated carbocycles. The molecule has 1 aromatic rings. The van der Waals surface area contributed by atoms with E-state index in [1.807, 2.05) is 6.07 Å². The molecule has 0 amide bonds. The lowest BCUT2D eigenvalue weighted by Crippen LogP contribution is -2.49. The molecule has 3 N–H and O–H groups in total. The highest BCUT2D eigenvalue weighted by Crippen LogP contribution is 2.32. The highest BCUT2D eigenvalue weighted by atomic mass is 79.9. The largest absolute Gasteiger partial charge is 0.329 e. The number of piperidine rings is 1. The summed E-state index contributed by atoms with van der Waals surface area (Å²) in [7, 11) is -3.60. The van der Waals surface area contributed by atoms with E-state index in [1.54, 1.807) is 12.1 Å². The van der Waals surface area contributed by atoms with Crippen molar-refractivity contribution in [1.29, 1.82) is 0 Å². The van der Waals surface area contributed by atoms with Gasteiger partial charge in [-0.1, -0.05) is 12.5 Å². The van der Waals surface area contributed by atoms with E-state index in [-0.39, 0.29) is 6.04 Å². The molecule has 1 heterocycles. The van der Waals surface area contributed by atoms with E-state index in [4.69, 9.17) is 5.73 Å². The Morgan fingerprint density at radius 3 is 2.55 bits per heavy atom. The van der Waals surface area contributed by atoms with Gasteiger partial charge in [0.15, 0.2) is 0 Å². The Bertz CT molecular complexity index is 560. The molecule has 1 saturated heterocycles. The molecule has 1 atom stereocenters. The minimum atomic E-state index is -3.60. The van der Waals surface area contributed by atoms with E-state index in [0.29, 0.717) is 27.7 Å². The van der Waals surface area contributed by atoms with E-state index in [0.717, 1.165) is 19.3 Å². The second kappa shape index (κ2) is 6.74. The summed E-state index contributed by atoms with van der Waals surface area (Å²) in [5.74, 6) is 0. The number of hydrogen-bond donors (Lipinski definition) is 2. The van der Waals surface area contributed by atoms with E-state index < -0.39 is 10.2 Å². The first kappa shape index (κ1) is 16.2. The SMILES string of the molecule is NCC1CCCCN1S(=O)(=O)Nc1c(Br)cccc1Br. The molecular weight excluding hydrogens is 410 g/mol. The number of halogens is 2. The van der Waals surface area contributed by atoms with Crippen LogP contribution >= 0.6 is 31.9 Å². The van der Waals surface area contributed by atoms with Crippen molar-refractivity contribution in [2.24, 2.45) is 5.73 Å². The first-order chi connectivity index (χ1) is 9.45. The summed E-state index contributed by atoms with van der Waals surface area (Å²) in [6.45, 7) is 0.858. The second-order valence-electron chi connectivity index (χ2n) is 4.70. The number of nitrogens with one attached hydrogen (secondary N) is 1. The average Bonchev–Trinajstić information content (AvgIpc) is 2.43. The molecule has 5 nitrogen and oxygen atoms in total. The molecule has 1 aromatic carbocycles. The van der Waals surface area contributed by atoms with Gasteiger partial charge in [-0.15, -0.1) is 0 Å². The van der Waals surface area contributed by atoms with Crippen molar-refractivity contribution in [3.63, 3.8) is 0 Å². The monoisotopic (exact) mass is 425 g/mol. The lowest BCUT2D eigenvalue weighted by Gasteiger charge is -2.34. The molecule has 0 aliphatic carbocycles. The Morgan fingerprint density at radius 1 is 1.30 bits per heavy atom. The number of anilines is 1. The molecular formula is C12H17Br2N3O2S. The van der Waals surface area contributed by atoms with Crippen LogP contribution in [-0.2, 0) is 10.2 Å². The van der Waals surface area contributed by atoms with Gasteiger partial charge in [0.2, 0.25) is 0 Å². The van der Waals surface area contributed by atoms with Crippen molar-refractivity contribution >= 4 is 47.8 Å². The van der Waals surface area contributed by atoms with Gasteiger partial charge < -0.3 is 5.73 Å². The zero-order valence-electron chi connectivity index (χ0n) is 10.9. The standard InChI is InChI=1S/C12H17Br2N3O2S/c13-10-5-3-6-11(14)12(10)16-20(18,19)17-7-2-1-4-9(17)8-15/h3,5-6,9,16H,1-2,4,7-8,15H2. The molecule has 0 bridgehead atoms. The van der Waals surface area contributed by atoms with E-state index in [2.05, 4.69) is 36.6 Å². The predicted molar refractivity (Wildman–Crippen MR) is 87.8 cm³/mol. The van der Waals surface area contributed by atoms with Crippen LogP contribution in [0.4, 0.5) is 5.69 Å². The molecule has 8 heteroatoms. The summed E-state index contributed by atoms with van der Waals surface area (Å²) in [4.78, 5) is 0. The molecule has 20 heavy (non-hydrogen) atoms. The predicted octanol–water partition coefficient (Wildman–Crippen LogP) is 2.68. The third kappa shape index (κ3) is 3.54. The third-order valence-electron chi connectivity index (χ3n) is 3.35. The first-order valence-electron chi connectivity index (χ1n) is 6.39. The van der Waals surface area contributed by atoms with Crippen LogP contribution in [0.1, 0.15) is 19.3 Å². The second-order valence-corrected chi connectivity index (χ2v) is 8.03. The summed E-state index contributed by atoms with van der Waals surface area (Å²) in [5.41, 5.74) is 6.20. The smallest absolute Gasteiger partial charge is 0.302 e. The number of benzene rings is 1. The molecule has 0 spiro atoms.